The van der Waals surface area contributed by atoms with Crippen molar-refractivity contribution in [2.45, 2.75) is 13.0 Å². The van der Waals surface area contributed by atoms with Gasteiger partial charge in [-0.3, -0.25) is 14.4 Å². The van der Waals surface area contributed by atoms with E-state index in [1.54, 1.807) is 12.1 Å². The fourth-order valence-electron chi connectivity index (χ4n) is 2.91. The van der Waals surface area contributed by atoms with Crippen LogP contribution in [0, 0.1) is 0 Å². The number of benzene rings is 1. The molecule has 0 spiro atoms. The van der Waals surface area contributed by atoms with Crippen LogP contribution in [0.4, 0.5) is 0 Å². The number of amides is 1. The summed E-state index contributed by atoms with van der Waals surface area (Å²) >= 11 is 5.99. The molecule has 2 aromatic rings. The van der Waals surface area contributed by atoms with Crippen LogP contribution in [0.25, 0.3) is 0 Å². The summed E-state index contributed by atoms with van der Waals surface area (Å²) in [7, 11) is 1.93. The highest BCUT2D eigenvalue weighted by atomic mass is 35.5. The number of hydrogen-bond donors (Lipinski definition) is 0. The molecule has 0 atom stereocenters. The molecular formula is C17H21ClN4O. The van der Waals surface area contributed by atoms with Crippen LogP contribution in [0.5, 0.6) is 0 Å². The van der Waals surface area contributed by atoms with Gasteiger partial charge in [-0.15, -0.1) is 0 Å². The SMILES string of the molecule is Cn1ccc(CN2CCCN(C(=O)c3cccc(Cl)c3)CC2)n1. The third-order valence-corrected chi connectivity index (χ3v) is 4.34. The summed E-state index contributed by atoms with van der Waals surface area (Å²) in [5, 5.41) is 5.03. The smallest absolute Gasteiger partial charge is 0.253 e. The normalized spacial score (nSPS) is 16.3. The van der Waals surface area contributed by atoms with Crippen molar-refractivity contribution in [3.05, 3.63) is 52.8 Å². The number of rotatable bonds is 3. The molecule has 23 heavy (non-hydrogen) atoms. The maximum absolute atomic E-state index is 12.6. The van der Waals surface area contributed by atoms with Gasteiger partial charge < -0.3 is 4.90 Å². The number of aromatic nitrogens is 2. The van der Waals surface area contributed by atoms with Crippen molar-refractivity contribution in [2.24, 2.45) is 7.05 Å². The number of aryl methyl sites for hydroxylation is 1. The summed E-state index contributed by atoms with van der Waals surface area (Å²) in [5.74, 6) is 0.0622. The Bertz CT molecular complexity index is 685. The molecule has 122 valence electrons. The molecule has 1 aromatic carbocycles. The van der Waals surface area contributed by atoms with Crippen LogP contribution >= 0.6 is 11.6 Å². The molecule has 1 amide bonds. The fourth-order valence-corrected chi connectivity index (χ4v) is 3.10. The minimum atomic E-state index is 0.0622. The second-order valence-corrected chi connectivity index (χ2v) is 6.35. The number of carbonyl (C=O) groups excluding carboxylic acids is 1. The van der Waals surface area contributed by atoms with Gasteiger partial charge in [-0.25, -0.2) is 0 Å². The highest BCUT2D eigenvalue weighted by Gasteiger charge is 2.20. The molecule has 1 aliphatic heterocycles. The second kappa shape index (κ2) is 7.15. The van der Waals surface area contributed by atoms with Crippen molar-refractivity contribution < 1.29 is 4.79 Å². The molecule has 0 unspecified atom stereocenters. The minimum Gasteiger partial charge on any atom is -0.337 e. The molecule has 0 aliphatic carbocycles. The summed E-state index contributed by atoms with van der Waals surface area (Å²) in [4.78, 5) is 16.9. The number of nitrogens with zero attached hydrogens (tertiary/aromatic N) is 4. The fraction of sp³-hybridized carbons (Fsp3) is 0.412. The molecule has 1 fully saturated rings. The molecule has 3 rings (SSSR count). The number of hydrogen-bond acceptors (Lipinski definition) is 3. The van der Waals surface area contributed by atoms with Crippen molar-refractivity contribution in [1.82, 2.24) is 19.6 Å². The van der Waals surface area contributed by atoms with Gasteiger partial charge in [0.15, 0.2) is 0 Å². The predicted molar refractivity (Wildman–Crippen MR) is 90.5 cm³/mol. The molecule has 0 saturated carbocycles. The van der Waals surface area contributed by atoms with Gasteiger partial charge in [0.05, 0.1) is 5.69 Å². The zero-order valence-corrected chi connectivity index (χ0v) is 14.0. The van der Waals surface area contributed by atoms with Crippen molar-refractivity contribution in [1.29, 1.82) is 0 Å². The van der Waals surface area contributed by atoms with E-state index < -0.39 is 0 Å². The quantitative estimate of drug-likeness (QED) is 0.866. The van der Waals surface area contributed by atoms with Crippen LogP contribution in [0.2, 0.25) is 5.02 Å². The Morgan fingerprint density at radius 3 is 2.83 bits per heavy atom. The monoisotopic (exact) mass is 332 g/mol. The largest absolute Gasteiger partial charge is 0.337 e. The van der Waals surface area contributed by atoms with Crippen LogP contribution in [0.15, 0.2) is 36.5 Å². The summed E-state index contributed by atoms with van der Waals surface area (Å²) in [6.45, 7) is 4.20. The molecule has 0 radical (unpaired) electrons. The zero-order chi connectivity index (χ0) is 16.2. The van der Waals surface area contributed by atoms with Crippen LogP contribution in [0.1, 0.15) is 22.5 Å². The molecule has 0 bridgehead atoms. The Kier molecular flexibility index (Phi) is 4.98. The van der Waals surface area contributed by atoms with Gasteiger partial charge >= 0.3 is 0 Å². The van der Waals surface area contributed by atoms with E-state index in [2.05, 4.69) is 10.00 Å². The molecular weight excluding hydrogens is 312 g/mol. The standard InChI is InChI=1S/C17H21ClN4O/c1-20-9-6-16(19-20)13-21-7-3-8-22(11-10-21)17(23)14-4-2-5-15(18)12-14/h2,4-6,9,12H,3,7-8,10-11,13H2,1H3. The Labute approximate surface area is 141 Å². The first-order valence-corrected chi connectivity index (χ1v) is 8.25. The molecule has 5 nitrogen and oxygen atoms in total. The van der Waals surface area contributed by atoms with Gasteiger partial charge in [0.2, 0.25) is 0 Å². The summed E-state index contributed by atoms with van der Waals surface area (Å²) in [6, 6.07) is 9.21. The van der Waals surface area contributed by atoms with E-state index in [4.69, 9.17) is 11.6 Å². The Hall–Kier alpha value is -1.85. The van der Waals surface area contributed by atoms with Crippen LogP contribution in [-0.4, -0.2) is 51.7 Å². The van der Waals surface area contributed by atoms with E-state index in [1.165, 1.54) is 0 Å². The molecule has 1 aliphatic rings. The minimum absolute atomic E-state index is 0.0622. The van der Waals surface area contributed by atoms with E-state index >= 15 is 0 Å². The van der Waals surface area contributed by atoms with E-state index in [9.17, 15) is 4.79 Å². The van der Waals surface area contributed by atoms with Gasteiger partial charge in [0.25, 0.3) is 5.91 Å². The lowest BCUT2D eigenvalue weighted by Crippen LogP contribution is -2.35. The molecule has 2 heterocycles. The van der Waals surface area contributed by atoms with Gasteiger partial charge in [0, 0.05) is 56.6 Å². The van der Waals surface area contributed by atoms with Crippen molar-refractivity contribution in [2.75, 3.05) is 26.2 Å². The van der Waals surface area contributed by atoms with Gasteiger partial charge in [-0.2, -0.15) is 5.10 Å². The van der Waals surface area contributed by atoms with Gasteiger partial charge in [-0.05, 0) is 30.7 Å². The topological polar surface area (TPSA) is 41.4 Å². The Balaban J connectivity index is 1.60. The highest BCUT2D eigenvalue weighted by Crippen LogP contribution is 2.15. The maximum atomic E-state index is 12.6. The van der Waals surface area contributed by atoms with Crippen LogP contribution < -0.4 is 0 Å². The first-order chi connectivity index (χ1) is 11.1. The third-order valence-electron chi connectivity index (χ3n) is 4.10. The van der Waals surface area contributed by atoms with Gasteiger partial charge in [0.1, 0.15) is 0 Å². The van der Waals surface area contributed by atoms with Crippen molar-refractivity contribution >= 4 is 17.5 Å². The predicted octanol–water partition coefficient (Wildman–Crippen LogP) is 2.42. The van der Waals surface area contributed by atoms with Crippen molar-refractivity contribution in [3.8, 4) is 0 Å². The average molecular weight is 333 g/mol. The molecule has 1 saturated heterocycles. The molecule has 1 aromatic heterocycles. The second-order valence-electron chi connectivity index (χ2n) is 5.91. The Morgan fingerprint density at radius 2 is 2.09 bits per heavy atom. The number of carbonyl (C=O) groups is 1. The van der Waals surface area contributed by atoms with Crippen LogP contribution in [-0.2, 0) is 13.6 Å². The Morgan fingerprint density at radius 1 is 1.22 bits per heavy atom. The summed E-state index contributed by atoms with van der Waals surface area (Å²) < 4.78 is 1.82. The lowest BCUT2D eigenvalue weighted by Gasteiger charge is -2.21. The maximum Gasteiger partial charge on any atom is 0.253 e. The zero-order valence-electron chi connectivity index (χ0n) is 13.3. The van der Waals surface area contributed by atoms with Gasteiger partial charge in [-0.1, -0.05) is 17.7 Å². The van der Waals surface area contributed by atoms with Crippen molar-refractivity contribution in [3.63, 3.8) is 0 Å². The van der Waals surface area contributed by atoms with E-state index in [0.29, 0.717) is 10.6 Å². The average Bonchev–Trinajstić information content (AvgIpc) is 2.80. The molecule has 6 heteroatoms. The first kappa shape index (κ1) is 16.0. The molecule has 0 N–H and O–H groups in total. The van der Waals surface area contributed by atoms with Crippen LogP contribution in [0.3, 0.4) is 0 Å². The lowest BCUT2D eigenvalue weighted by atomic mass is 10.2. The van der Waals surface area contributed by atoms with E-state index in [-0.39, 0.29) is 5.91 Å². The summed E-state index contributed by atoms with van der Waals surface area (Å²) in [5.41, 5.74) is 1.73. The number of halogens is 1. The summed E-state index contributed by atoms with van der Waals surface area (Å²) in [6.07, 6.45) is 2.93. The van der Waals surface area contributed by atoms with E-state index in [0.717, 1.165) is 44.8 Å². The first-order valence-electron chi connectivity index (χ1n) is 7.87. The van der Waals surface area contributed by atoms with E-state index in [1.807, 2.05) is 41.0 Å². The third kappa shape index (κ3) is 4.12. The lowest BCUT2D eigenvalue weighted by molar-refractivity contribution is 0.0761. The highest BCUT2D eigenvalue weighted by molar-refractivity contribution is 6.30.